The molecule has 0 radical (unpaired) electrons. The molecule has 1 aliphatic carbocycles. The molecule has 0 spiro atoms. The van der Waals surface area contributed by atoms with E-state index in [1.165, 1.54) is 7.11 Å². The van der Waals surface area contributed by atoms with Crippen LogP contribution >= 0.6 is 0 Å². The molecule has 0 amide bonds. The Labute approximate surface area is 159 Å². The number of ether oxygens (including phenoxy) is 1. The fraction of sp³-hybridized carbons (Fsp3) is 0.667. The zero-order valence-corrected chi connectivity index (χ0v) is 16.3. The number of methoxy groups -OCH3 is 1. The number of esters is 1. The van der Waals surface area contributed by atoms with E-state index in [2.05, 4.69) is 19.2 Å². The highest BCUT2D eigenvalue weighted by Gasteiger charge is 2.34. The molecule has 1 aromatic rings. The summed E-state index contributed by atoms with van der Waals surface area (Å²) in [6.45, 7) is 5.23. The molecule has 0 aromatic heterocycles. The number of halogens is 3. The summed E-state index contributed by atoms with van der Waals surface area (Å²) in [6, 6.07) is 5.71. The van der Waals surface area contributed by atoms with Crippen molar-refractivity contribution in [1.82, 2.24) is 5.32 Å². The third-order valence-corrected chi connectivity index (χ3v) is 5.44. The summed E-state index contributed by atoms with van der Waals surface area (Å²) in [5.74, 6) is 0.672. The number of hydrogen-bond acceptors (Lipinski definition) is 3. The van der Waals surface area contributed by atoms with Gasteiger partial charge in [0.05, 0.1) is 12.7 Å². The molecule has 3 nitrogen and oxygen atoms in total. The first kappa shape index (κ1) is 21.7. The van der Waals surface area contributed by atoms with Gasteiger partial charge < -0.3 is 10.1 Å². The zero-order valence-electron chi connectivity index (χ0n) is 16.3. The first-order chi connectivity index (χ1) is 12.7. The fourth-order valence-electron chi connectivity index (χ4n) is 3.85. The van der Waals surface area contributed by atoms with Crippen molar-refractivity contribution in [2.24, 2.45) is 11.8 Å². The number of alkyl halides is 3. The van der Waals surface area contributed by atoms with Gasteiger partial charge in [0.2, 0.25) is 0 Å². The summed E-state index contributed by atoms with van der Waals surface area (Å²) >= 11 is 0. The van der Waals surface area contributed by atoms with Crippen LogP contribution in [0.15, 0.2) is 24.3 Å². The molecule has 1 aromatic carbocycles. The normalized spacial score (nSPS) is 23.4. The number of carbonyl (C=O) groups is 1. The molecule has 0 aliphatic heterocycles. The van der Waals surface area contributed by atoms with Gasteiger partial charge in [0.25, 0.3) is 0 Å². The van der Waals surface area contributed by atoms with Gasteiger partial charge in [-0.1, -0.05) is 26.0 Å². The Balaban J connectivity index is 2.13. The maximum absolute atomic E-state index is 12.9. The topological polar surface area (TPSA) is 38.3 Å². The predicted molar refractivity (Wildman–Crippen MR) is 99.4 cm³/mol. The Kier molecular flexibility index (Phi) is 7.71. The minimum Gasteiger partial charge on any atom is -0.469 e. The van der Waals surface area contributed by atoms with Crippen LogP contribution in [0.1, 0.15) is 63.0 Å². The second-order valence-electron chi connectivity index (χ2n) is 7.93. The highest BCUT2D eigenvalue weighted by Crippen LogP contribution is 2.39. The van der Waals surface area contributed by atoms with Crippen molar-refractivity contribution in [1.29, 1.82) is 0 Å². The maximum atomic E-state index is 12.9. The summed E-state index contributed by atoms with van der Waals surface area (Å²) < 4.78 is 43.4. The lowest BCUT2D eigenvalue weighted by molar-refractivity contribution is -0.142. The SMILES string of the molecule is COC(=O)C[C@H]1CC[C@@H](NCCC(C)C)[C@@H](c2ccc(C(F)(F)F)cc2)C1. The van der Waals surface area contributed by atoms with E-state index < -0.39 is 11.7 Å². The molecular formula is C21H30F3NO2. The third kappa shape index (κ3) is 6.52. The molecule has 3 atom stereocenters. The Hall–Kier alpha value is -1.56. The molecule has 6 heteroatoms. The van der Waals surface area contributed by atoms with Crippen LogP contribution in [0.25, 0.3) is 0 Å². The summed E-state index contributed by atoms with van der Waals surface area (Å²) in [5, 5.41) is 3.60. The second-order valence-corrected chi connectivity index (χ2v) is 7.93. The lowest BCUT2D eigenvalue weighted by atomic mass is 9.73. The van der Waals surface area contributed by atoms with Crippen molar-refractivity contribution in [2.45, 2.75) is 64.1 Å². The number of hydrogen-bond donors (Lipinski definition) is 1. The zero-order chi connectivity index (χ0) is 20.0. The Morgan fingerprint density at radius 3 is 2.44 bits per heavy atom. The van der Waals surface area contributed by atoms with Crippen molar-refractivity contribution in [3.05, 3.63) is 35.4 Å². The molecule has 0 saturated heterocycles. The van der Waals surface area contributed by atoms with Crippen LogP contribution in [0.4, 0.5) is 13.2 Å². The summed E-state index contributed by atoms with van der Waals surface area (Å²) in [4.78, 5) is 11.6. The molecule has 27 heavy (non-hydrogen) atoms. The van der Waals surface area contributed by atoms with Crippen LogP contribution in [0.2, 0.25) is 0 Å². The van der Waals surface area contributed by atoms with Crippen LogP contribution in [-0.4, -0.2) is 25.7 Å². The van der Waals surface area contributed by atoms with Gasteiger partial charge >= 0.3 is 12.1 Å². The molecule has 1 saturated carbocycles. The van der Waals surface area contributed by atoms with Crippen molar-refractivity contribution < 1.29 is 22.7 Å². The van der Waals surface area contributed by atoms with Gasteiger partial charge in [-0.25, -0.2) is 0 Å². The van der Waals surface area contributed by atoms with Gasteiger partial charge in [-0.3, -0.25) is 4.79 Å². The first-order valence-electron chi connectivity index (χ1n) is 9.68. The van der Waals surface area contributed by atoms with Gasteiger partial charge in [-0.15, -0.1) is 0 Å². The van der Waals surface area contributed by atoms with Crippen LogP contribution in [0.5, 0.6) is 0 Å². The molecule has 0 heterocycles. The van der Waals surface area contributed by atoms with E-state index in [4.69, 9.17) is 4.74 Å². The number of carbonyl (C=O) groups excluding carboxylic acids is 1. The molecular weight excluding hydrogens is 355 g/mol. The lowest BCUT2D eigenvalue weighted by Gasteiger charge is -2.37. The maximum Gasteiger partial charge on any atom is 0.416 e. The van der Waals surface area contributed by atoms with Gasteiger partial charge in [-0.2, -0.15) is 13.2 Å². The summed E-state index contributed by atoms with van der Waals surface area (Å²) in [7, 11) is 1.38. The molecule has 0 bridgehead atoms. The van der Waals surface area contributed by atoms with E-state index in [1.807, 2.05) is 0 Å². The molecule has 152 valence electrons. The Bertz CT molecular complexity index is 598. The van der Waals surface area contributed by atoms with E-state index in [0.29, 0.717) is 12.3 Å². The molecule has 1 fully saturated rings. The first-order valence-corrected chi connectivity index (χ1v) is 9.68. The minimum atomic E-state index is -4.33. The Morgan fingerprint density at radius 2 is 1.89 bits per heavy atom. The van der Waals surface area contributed by atoms with Crippen molar-refractivity contribution >= 4 is 5.97 Å². The summed E-state index contributed by atoms with van der Waals surface area (Å²) in [6.07, 6.45) is -0.293. The molecule has 1 aliphatic rings. The number of benzene rings is 1. The molecule has 2 rings (SSSR count). The minimum absolute atomic E-state index is 0.0999. The van der Waals surface area contributed by atoms with Crippen LogP contribution < -0.4 is 5.32 Å². The predicted octanol–water partition coefficient (Wildman–Crippen LogP) is 5.16. The second kappa shape index (κ2) is 9.58. The highest BCUT2D eigenvalue weighted by atomic mass is 19.4. The van der Waals surface area contributed by atoms with Gasteiger partial charge in [0.1, 0.15) is 0 Å². The smallest absolute Gasteiger partial charge is 0.416 e. The standard InChI is InChI=1S/C21H30F3NO2/c1-14(2)10-11-25-19-9-4-15(13-20(26)27-3)12-18(19)16-5-7-17(8-6-16)21(22,23)24/h5-8,14-15,18-19,25H,4,9-13H2,1-3H3/t15-,18+,19+/m0/s1. The van der Waals surface area contributed by atoms with Gasteiger partial charge in [0, 0.05) is 12.5 Å². The van der Waals surface area contributed by atoms with Crippen LogP contribution in [0.3, 0.4) is 0 Å². The van der Waals surface area contributed by atoms with Crippen molar-refractivity contribution in [3.63, 3.8) is 0 Å². The summed E-state index contributed by atoms with van der Waals surface area (Å²) in [5.41, 5.74) is 0.275. The van der Waals surface area contributed by atoms with Crippen molar-refractivity contribution in [3.8, 4) is 0 Å². The average molecular weight is 385 g/mol. The van der Waals surface area contributed by atoms with Crippen LogP contribution in [0, 0.1) is 11.8 Å². The molecule has 0 unspecified atom stereocenters. The largest absolute Gasteiger partial charge is 0.469 e. The van der Waals surface area contributed by atoms with Gasteiger partial charge in [0.15, 0.2) is 0 Å². The average Bonchev–Trinajstić information content (AvgIpc) is 2.61. The van der Waals surface area contributed by atoms with E-state index in [0.717, 1.165) is 49.9 Å². The lowest BCUT2D eigenvalue weighted by Crippen LogP contribution is -2.40. The fourth-order valence-corrected chi connectivity index (χ4v) is 3.85. The number of nitrogens with one attached hydrogen (secondary N) is 1. The van der Waals surface area contributed by atoms with E-state index in [1.54, 1.807) is 12.1 Å². The number of rotatable bonds is 7. The van der Waals surface area contributed by atoms with Crippen LogP contribution in [-0.2, 0) is 15.7 Å². The Morgan fingerprint density at radius 1 is 1.22 bits per heavy atom. The molecule has 1 N–H and O–H groups in total. The third-order valence-electron chi connectivity index (χ3n) is 5.44. The van der Waals surface area contributed by atoms with E-state index in [9.17, 15) is 18.0 Å². The van der Waals surface area contributed by atoms with Crippen molar-refractivity contribution in [2.75, 3.05) is 13.7 Å². The van der Waals surface area contributed by atoms with E-state index in [-0.39, 0.29) is 23.8 Å². The van der Waals surface area contributed by atoms with E-state index >= 15 is 0 Å². The van der Waals surface area contributed by atoms with Gasteiger partial charge in [-0.05, 0) is 67.7 Å². The highest BCUT2D eigenvalue weighted by molar-refractivity contribution is 5.69. The monoisotopic (exact) mass is 385 g/mol. The quantitative estimate of drug-likeness (QED) is 0.659.